The minimum absolute atomic E-state index is 0.00689. The Hall–Kier alpha value is -3.16. The van der Waals surface area contributed by atoms with Crippen LogP contribution in [0.5, 0.6) is 0 Å². The van der Waals surface area contributed by atoms with Gasteiger partial charge in [-0.05, 0) is 50.1 Å². The van der Waals surface area contributed by atoms with Crippen LogP contribution in [0.4, 0.5) is 5.69 Å². The van der Waals surface area contributed by atoms with Crippen molar-refractivity contribution in [3.8, 4) is 0 Å². The van der Waals surface area contributed by atoms with Crippen molar-refractivity contribution in [2.75, 3.05) is 25.0 Å². The Labute approximate surface area is 157 Å². The van der Waals surface area contributed by atoms with E-state index >= 15 is 0 Å². The first kappa shape index (κ1) is 18.6. The summed E-state index contributed by atoms with van der Waals surface area (Å²) >= 11 is 0. The van der Waals surface area contributed by atoms with E-state index in [9.17, 15) is 14.4 Å². The van der Waals surface area contributed by atoms with Gasteiger partial charge in [0.25, 0.3) is 5.91 Å². The second-order valence-corrected chi connectivity index (χ2v) is 6.63. The van der Waals surface area contributed by atoms with Crippen LogP contribution in [0.15, 0.2) is 41.7 Å². The molecule has 1 aliphatic rings. The predicted octanol–water partition coefficient (Wildman–Crippen LogP) is 1.51. The molecule has 8 heteroatoms. The zero-order chi connectivity index (χ0) is 19.6. The van der Waals surface area contributed by atoms with Crippen molar-refractivity contribution < 1.29 is 9.59 Å². The third-order valence-electron chi connectivity index (χ3n) is 4.86. The predicted molar refractivity (Wildman–Crippen MR) is 102 cm³/mol. The Morgan fingerprint density at radius 2 is 1.89 bits per heavy atom. The molecule has 142 valence electrons. The zero-order valence-corrected chi connectivity index (χ0v) is 15.5. The van der Waals surface area contributed by atoms with E-state index in [0.717, 1.165) is 0 Å². The molecule has 1 aliphatic heterocycles. The summed E-state index contributed by atoms with van der Waals surface area (Å²) < 4.78 is 1.48. The molecule has 0 spiro atoms. The SMILES string of the molecule is C=CC(=O)N(C)c1ccc(C(=O)N2CCC(n3nc(C)[nH]c3=O)CC2)cc1. The van der Waals surface area contributed by atoms with E-state index < -0.39 is 0 Å². The molecule has 1 saturated heterocycles. The van der Waals surface area contributed by atoms with Gasteiger partial charge in [0.1, 0.15) is 5.82 Å². The highest BCUT2D eigenvalue weighted by molar-refractivity contribution is 6.01. The number of nitrogens with zero attached hydrogens (tertiary/aromatic N) is 4. The van der Waals surface area contributed by atoms with Crippen LogP contribution in [0.25, 0.3) is 0 Å². The van der Waals surface area contributed by atoms with Crippen LogP contribution < -0.4 is 10.6 Å². The monoisotopic (exact) mass is 369 g/mol. The summed E-state index contributed by atoms with van der Waals surface area (Å²) in [6.45, 7) is 6.36. The average Bonchev–Trinajstić information content (AvgIpc) is 3.04. The van der Waals surface area contributed by atoms with Gasteiger partial charge >= 0.3 is 5.69 Å². The molecular weight excluding hydrogens is 346 g/mol. The van der Waals surface area contributed by atoms with E-state index in [1.165, 1.54) is 15.7 Å². The molecule has 0 saturated carbocycles. The number of benzene rings is 1. The minimum Gasteiger partial charge on any atom is -0.338 e. The van der Waals surface area contributed by atoms with E-state index in [-0.39, 0.29) is 23.5 Å². The van der Waals surface area contributed by atoms with Crippen molar-refractivity contribution in [2.24, 2.45) is 0 Å². The number of anilines is 1. The lowest BCUT2D eigenvalue weighted by atomic mass is 10.0. The number of H-pyrrole nitrogens is 1. The zero-order valence-electron chi connectivity index (χ0n) is 15.5. The van der Waals surface area contributed by atoms with E-state index in [1.54, 1.807) is 43.1 Å². The standard InChI is InChI=1S/C19H23N5O3/c1-4-17(25)22(3)15-7-5-14(6-8-15)18(26)23-11-9-16(10-12-23)24-19(27)20-13(2)21-24/h4-8,16H,1,9-12H2,2-3H3,(H,20,21,27). The molecule has 1 fully saturated rings. The maximum Gasteiger partial charge on any atom is 0.343 e. The second kappa shape index (κ2) is 7.61. The largest absolute Gasteiger partial charge is 0.343 e. The number of rotatable bonds is 4. The molecule has 0 radical (unpaired) electrons. The third kappa shape index (κ3) is 3.84. The van der Waals surface area contributed by atoms with Crippen LogP contribution >= 0.6 is 0 Å². The minimum atomic E-state index is -0.208. The number of carbonyl (C=O) groups excluding carboxylic acids is 2. The van der Waals surface area contributed by atoms with Gasteiger partial charge in [-0.3, -0.25) is 14.6 Å². The van der Waals surface area contributed by atoms with Crippen molar-refractivity contribution in [1.29, 1.82) is 0 Å². The lowest BCUT2D eigenvalue weighted by molar-refractivity contribution is -0.113. The van der Waals surface area contributed by atoms with Gasteiger partial charge in [-0.15, -0.1) is 0 Å². The molecule has 1 aromatic carbocycles. The van der Waals surface area contributed by atoms with Gasteiger partial charge in [-0.1, -0.05) is 6.58 Å². The number of carbonyl (C=O) groups is 2. The summed E-state index contributed by atoms with van der Waals surface area (Å²) in [6, 6.07) is 6.93. The first-order valence-corrected chi connectivity index (χ1v) is 8.85. The van der Waals surface area contributed by atoms with Gasteiger partial charge < -0.3 is 9.80 Å². The quantitative estimate of drug-likeness (QED) is 0.827. The highest BCUT2D eigenvalue weighted by atomic mass is 16.2. The van der Waals surface area contributed by atoms with Gasteiger partial charge in [0.05, 0.1) is 6.04 Å². The fourth-order valence-corrected chi connectivity index (χ4v) is 3.28. The fraction of sp³-hybridized carbons (Fsp3) is 0.368. The summed E-state index contributed by atoms with van der Waals surface area (Å²) in [6.07, 6.45) is 2.62. The van der Waals surface area contributed by atoms with Crippen molar-refractivity contribution in [1.82, 2.24) is 19.7 Å². The molecule has 0 unspecified atom stereocenters. The van der Waals surface area contributed by atoms with Gasteiger partial charge in [0.15, 0.2) is 0 Å². The molecule has 27 heavy (non-hydrogen) atoms. The Balaban J connectivity index is 1.64. The number of likely N-dealkylation sites (tertiary alicyclic amines) is 1. The molecule has 8 nitrogen and oxygen atoms in total. The van der Waals surface area contributed by atoms with Crippen molar-refractivity contribution >= 4 is 17.5 Å². The van der Waals surface area contributed by atoms with Gasteiger partial charge in [0, 0.05) is 31.4 Å². The fourth-order valence-electron chi connectivity index (χ4n) is 3.28. The number of hydrogen-bond acceptors (Lipinski definition) is 4. The van der Waals surface area contributed by atoms with Crippen molar-refractivity contribution in [3.63, 3.8) is 0 Å². The molecule has 1 N–H and O–H groups in total. The molecule has 0 aliphatic carbocycles. The molecule has 0 atom stereocenters. The highest BCUT2D eigenvalue weighted by Crippen LogP contribution is 2.22. The number of nitrogens with one attached hydrogen (secondary N) is 1. The number of piperidine rings is 1. The summed E-state index contributed by atoms with van der Waals surface area (Å²) in [5, 5.41) is 4.22. The highest BCUT2D eigenvalue weighted by Gasteiger charge is 2.26. The number of amides is 2. The van der Waals surface area contributed by atoms with E-state index in [0.29, 0.717) is 43.0 Å². The summed E-state index contributed by atoms with van der Waals surface area (Å²) in [5.41, 5.74) is 1.07. The smallest absolute Gasteiger partial charge is 0.338 e. The molecule has 2 heterocycles. The van der Waals surface area contributed by atoms with Crippen LogP contribution in [0.3, 0.4) is 0 Å². The number of likely N-dealkylation sites (N-methyl/N-ethyl adjacent to an activating group) is 1. The first-order chi connectivity index (χ1) is 12.9. The van der Waals surface area contributed by atoms with Crippen LogP contribution in [-0.2, 0) is 4.79 Å². The van der Waals surface area contributed by atoms with Crippen molar-refractivity contribution in [3.05, 3.63) is 58.8 Å². The van der Waals surface area contributed by atoms with Gasteiger partial charge in [0.2, 0.25) is 5.91 Å². The molecule has 2 amide bonds. The van der Waals surface area contributed by atoms with Crippen LogP contribution in [-0.4, -0.2) is 51.6 Å². The second-order valence-electron chi connectivity index (χ2n) is 6.63. The first-order valence-electron chi connectivity index (χ1n) is 8.85. The van der Waals surface area contributed by atoms with E-state index in [1.807, 2.05) is 0 Å². The van der Waals surface area contributed by atoms with Gasteiger partial charge in [-0.2, -0.15) is 5.10 Å². The summed E-state index contributed by atoms with van der Waals surface area (Å²) in [7, 11) is 1.66. The number of aryl methyl sites for hydroxylation is 1. The molecule has 1 aromatic heterocycles. The van der Waals surface area contributed by atoms with Crippen LogP contribution in [0.2, 0.25) is 0 Å². The Bertz CT molecular complexity index is 904. The Morgan fingerprint density at radius 3 is 2.41 bits per heavy atom. The van der Waals surface area contributed by atoms with Gasteiger partial charge in [-0.25, -0.2) is 9.48 Å². The van der Waals surface area contributed by atoms with E-state index in [4.69, 9.17) is 0 Å². The lowest BCUT2D eigenvalue weighted by Gasteiger charge is -2.31. The normalized spacial score (nSPS) is 14.8. The maximum atomic E-state index is 12.7. The Morgan fingerprint density at radius 1 is 1.26 bits per heavy atom. The number of aromatic nitrogens is 3. The van der Waals surface area contributed by atoms with Crippen LogP contribution in [0.1, 0.15) is 35.1 Å². The van der Waals surface area contributed by atoms with Crippen molar-refractivity contribution in [2.45, 2.75) is 25.8 Å². The maximum absolute atomic E-state index is 12.7. The lowest BCUT2D eigenvalue weighted by Crippen LogP contribution is -2.40. The molecule has 2 aromatic rings. The summed E-state index contributed by atoms with van der Waals surface area (Å²) in [5.74, 6) is 0.335. The third-order valence-corrected chi connectivity index (χ3v) is 4.86. The number of hydrogen-bond donors (Lipinski definition) is 1. The topological polar surface area (TPSA) is 91.3 Å². The molecule has 3 rings (SSSR count). The number of aromatic amines is 1. The average molecular weight is 369 g/mol. The molecular formula is C19H23N5O3. The van der Waals surface area contributed by atoms with Crippen LogP contribution in [0, 0.1) is 6.92 Å². The molecule has 0 bridgehead atoms. The van der Waals surface area contributed by atoms with E-state index in [2.05, 4.69) is 16.7 Å². The Kier molecular flexibility index (Phi) is 5.25. The summed E-state index contributed by atoms with van der Waals surface area (Å²) in [4.78, 5) is 42.2.